The molecule has 1 amide bonds. The second kappa shape index (κ2) is 6.32. The number of rotatable bonds is 5. The summed E-state index contributed by atoms with van der Waals surface area (Å²) in [5.74, 6) is 1.44. The molecule has 1 aromatic carbocycles. The number of carbonyl (C=O) groups is 1. The Morgan fingerprint density at radius 2 is 1.88 bits per heavy atom. The third-order valence-electron chi connectivity index (χ3n) is 5.01. The molecule has 4 rings (SSSR count). The molecule has 2 aromatic rings. The molecule has 124 valence electrons. The molecule has 0 spiro atoms. The van der Waals surface area contributed by atoms with Crippen molar-refractivity contribution in [2.24, 2.45) is 11.8 Å². The van der Waals surface area contributed by atoms with E-state index in [-0.39, 0.29) is 5.91 Å². The number of carbonyl (C=O) groups excluding carboxylic acids is 1. The van der Waals surface area contributed by atoms with Gasteiger partial charge in [-0.1, -0.05) is 28.1 Å². The molecule has 0 bridgehead atoms. The first-order valence-corrected chi connectivity index (χ1v) is 9.45. The number of benzene rings is 1. The zero-order chi connectivity index (χ0) is 16.7. The van der Waals surface area contributed by atoms with Crippen molar-refractivity contribution in [2.75, 3.05) is 0 Å². The Morgan fingerprint density at radius 1 is 1.17 bits per heavy atom. The van der Waals surface area contributed by atoms with E-state index in [4.69, 9.17) is 0 Å². The first-order chi connectivity index (χ1) is 11.6. The number of nitrogens with one attached hydrogen (secondary N) is 1. The molecule has 1 aromatic heterocycles. The smallest absolute Gasteiger partial charge is 0.253 e. The third-order valence-corrected chi connectivity index (χ3v) is 5.50. The van der Waals surface area contributed by atoms with Crippen LogP contribution in [0.3, 0.4) is 0 Å². The minimum absolute atomic E-state index is 0.0320. The number of halogens is 1. The second-order valence-corrected chi connectivity index (χ2v) is 7.93. The summed E-state index contributed by atoms with van der Waals surface area (Å²) >= 11 is 3.49. The Bertz CT molecular complexity index is 769. The van der Waals surface area contributed by atoms with Crippen LogP contribution in [-0.2, 0) is 0 Å². The molecule has 0 saturated heterocycles. The van der Waals surface area contributed by atoms with Crippen molar-refractivity contribution in [2.45, 2.75) is 38.6 Å². The Labute approximate surface area is 151 Å². The molecule has 24 heavy (non-hydrogen) atoms. The van der Waals surface area contributed by atoms with Crippen LogP contribution >= 0.6 is 15.9 Å². The summed E-state index contributed by atoms with van der Waals surface area (Å²) in [6.07, 6.45) is 5.06. The van der Waals surface area contributed by atoms with Gasteiger partial charge in [0, 0.05) is 16.1 Å². The summed E-state index contributed by atoms with van der Waals surface area (Å²) in [5, 5.41) is 3.28. The van der Waals surface area contributed by atoms with Crippen LogP contribution in [0.15, 0.2) is 40.9 Å². The van der Waals surface area contributed by atoms with Crippen LogP contribution in [0.25, 0.3) is 11.3 Å². The lowest BCUT2D eigenvalue weighted by Crippen LogP contribution is -2.38. The predicted molar refractivity (Wildman–Crippen MR) is 98.8 cm³/mol. The lowest BCUT2D eigenvalue weighted by atomic mass is 10.1. The van der Waals surface area contributed by atoms with Gasteiger partial charge in [0.25, 0.3) is 5.91 Å². The summed E-state index contributed by atoms with van der Waals surface area (Å²) < 4.78 is 1.03. The highest BCUT2D eigenvalue weighted by Crippen LogP contribution is 2.44. The first kappa shape index (κ1) is 15.8. The fourth-order valence-electron chi connectivity index (χ4n) is 3.37. The summed E-state index contributed by atoms with van der Waals surface area (Å²) in [7, 11) is 0. The van der Waals surface area contributed by atoms with Gasteiger partial charge in [-0.15, -0.1) is 0 Å². The Hall–Kier alpha value is -1.68. The third kappa shape index (κ3) is 3.39. The van der Waals surface area contributed by atoms with E-state index < -0.39 is 0 Å². The van der Waals surface area contributed by atoms with Gasteiger partial charge in [-0.25, -0.2) is 0 Å². The van der Waals surface area contributed by atoms with E-state index in [1.165, 1.54) is 25.7 Å². The maximum Gasteiger partial charge on any atom is 0.253 e. The van der Waals surface area contributed by atoms with Crippen molar-refractivity contribution in [3.63, 3.8) is 0 Å². The van der Waals surface area contributed by atoms with Gasteiger partial charge < -0.3 is 5.32 Å². The quantitative estimate of drug-likeness (QED) is 0.808. The van der Waals surface area contributed by atoms with Gasteiger partial charge in [0.2, 0.25) is 0 Å². The van der Waals surface area contributed by atoms with Gasteiger partial charge in [0.05, 0.1) is 17.0 Å². The standard InChI is InChI=1S/C20H21BrN2O/c1-12-17(20(24)23-19(13-5-6-13)14-7-8-14)9-10-18(22-12)15-3-2-4-16(21)11-15/h2-4,9-11,13-14,19H,5-8H2,1H3,(H,23,24). The van der Waals surface area contributed by atoms with Crippen molar-refractivity contribution in [3.05, 3.63) is 52.1 Å². The lowest BCUT2D eigenvalue weighted by molar-refractivity contribution is 0.0925. The van der Waals surface area contributed by atoms with Gasteiger partial charge in [-0.05, 0) is 68.7 Å². The molecule has 1 heterocycles. The number of hydrogen-bond acceptors (Lipinski definition) is 2. The minimum Gasteiger partial charge on any atom is -0.349 e. The van der Waals surface area contributed by atoms with Gasteiger partial charge in [0.1, 0.15) is 0 Å². The number of amides is 1. The molecule has 2 fully saturated rings. The Morgan fingerprint density at radius 3 is 2.46 bits per heavy atom. The van der Waals surface area contributed by atoms with E-state index in [2.05, 4.69) is 26.2 Å². The lowest BCUT2D eigenvalue weighted by Gasteiger charge is -2.18. The van der Waals surface area contributed by atoms with Crippen molar-refractivity contribution < 1.29 is 4.79 Å². The minimum atomic E-state index is 0.0320. The highest BCUT2D eigenvalue weighted by Gasteiger charge is 2.42. The van der Waals surface area contributed by atoms with Crippen molar-refractivity contribution in [1.29, 1.82) is 0 Å². The van der Waals surface area contributed by atoms with E-state index in [0.29, 0.717) is 23.4 Å². The van der Waals surface area contributed by atoms with E-state index in [0.717, 1.165) is 21.4 Å². The molecular formula is C20H21BrN2O. The van der Waals surface area contributed by atoms with E-state index in [9.17, 15) is 4.79 Å². The van der Waals surface area contributed by atoms with Crippen LogP contribution in [0.4, 0.5) is 0 Å². The van der Waals surface area contributed by atoms with E-state index in [1.54, 1.807) is 0 Å². The van der Waals surface area contributed by atoms with E-state index >= 15 is 0 Å². The normalized spacial score (nSPS) is 17.1. The molecule has 2 saturated carbocycles. The predicted octanol–water partition coefficient (Wildman–Crippen LogP) is 4.74. The van der Waals surface area contributed by atoms with Gasteiger partial charge >= 0.3 is 0 Å². The molecule has 0 atom stereocenters. The fourth-order valence-corrected chi connectivity index (χ4v) is 3.77. The molecule has 2 aliphatic carbocycles. The zero-order valence-electron chi connectivity index (χ0n) is 13.8. The topological polar surface area (TPSA) is 42.0 Å². The highest BCUT2D eigenvalue weighted by atomic mass is 79.9. The largest absolute Gasteiger partial charge is 0.349 e. The average Bonchev–Trinajstić information content (AvgIpc) is 3.46. The second-order valence-electron chi connectivity index (χ2n) is 7.01. The molecule has 3 nitrogen and oxygen atoms in total. The van der Waals surface area contributed by atoms with Gasteiger partial charge in [-0.2, -0.15) is 0 Å². The SMILES string of the molecule is Cc1nc(-c2cccc(Br)c2)ccc1C(=O)NC(C1CC1)C1CC1. The number of pyridine rings is 1. The molecule has 0 radical (unpaired) electrons. The van der Waals surface area contributed by atoms with Crippen LogP contribution in [0.1, 0.15) is 41.7 Å². The summed E-state index contributed by atoms with van der Waals surface area (Å²) in [4.78, 5) is 17.3. The molecular weight excluding hydrogens is 364 g/mol. The summed E-state index contributed by atoms with van der Waals surface area (Å²) in [6.45, 7) is 1.92. The van der Waals surface area contributed by atoms with Crippen LogP contribution in [0, 0.1) is 18.8 Å². The van der Waals surface area contributed by atoms with Crippen molar-refractivity contribution in [1.82, 2.24) is 10.3 Å². The monoisotopic (exact) mass is 384 g/mol. The number of nitrogens with zero attached hydrogens (tertiary/aromatic N) is 1. The van der Waals surface area contributed by atoms with Crippen molar-refractivity contribution >= 4 is 21.8 Å². The Kier molecular flexibility index (Phi) is 4.17. The maximum absolute atomic E-state index is 12.7. The maximum atomic E-state index is 12.7. The number of aromatic nitrogens is 1. The average molecular weight is 385 g/mol. The van der Waals surface area contributed by atoms with Crippen LogP contribution in [0.5, 0.6) is 0 Å². The van der Waals surface area contributed by atoms with Crippen LogP contribution < -0.4 is 5.32 Å². The zero-order valence-corrected chi connectivity index (χ0v) is 15.3. The van der Waals surface area contributed by atoms with Crippen molar-refractivity contribution in [3.8, 4) is 11.3 Å². The molecule has 0 aliphatic heterocycles. The van der Waals surface area contributed by atoms with Gasteiger partial charge in [0.15, 0.2) is 0 Å². The number of aryl methyl sites for hydroxylation is 1. The summed E-state index contributed by atoms with van der Waals surface area (Å²) in [6, 6.07) is 12.3. The number of hydrogen-bond donors (Lipinski definition) is 1. The van der Waals surface area contributed by atoms with Crippen LogP contribution in [0.2, 0.25) is 0 Å². The molecule has 0 unspecified atom stereocenters. The molecule has 4 heteroatoms. The van der Waals surface area contributed by atoms with Gasteiger partial charge in [-0.3, -0.25) is 9.78 Å². The first-order valence-electron chi connectivity index (χ1n) is 8.66. The van der Waals surface area contributed by atoms with E-state index in [1.807, 2.05) is 43.3 Å². The molecule has 2 aliphatic rings. The van der Waals surface area contributed by atoms with Crippen LogP contribution in [-0.4, -0.2) is 16.9 Å². The molecule has 1 N–H and O–H groups in total. The highest BCUT2D eigenvalue weighted by molar-refractivity contribution is 9.10. The fraction of sp³-hybridized carbons (Fsp3) is 0.400. The summed E-state index contributed by atoms with van der Waals surface area (Å²) in [5.41, 5.74) is 3.43. The Balaban J connectivity index is 1.54.